The van der Waals surface area contributed by atoms with Gasteiger partial charge in [0.1, 0.15) is 5.75 Å². The number of benzene rings is 1. The van der Waals surface area contributed by atoms with Crippen LogP contribution >= 0.6 is 24.0 Å². The Labute approximate surface area is 178 Å². The molecule has 0 aliphatic heterocycles. The van der Waals surface area contributed by atoms with Gasteiger partial charge in [-0.05, 0) is 25.1 Å². The van der Waals surface area contributed by atoms with Crippen molar-refractivity contribution in [3.8, 4) is 17.2 Å². The molecule has 27 heavy (non-hydrogen) atoms. The number of rotatable bonds is 9. The Balaban J connectivity index is 0.00000364. The number of nitrogens with zero attached hydrogens (tertiary/aromatic N) is 2. The summed E-state index contributed by atoms with van der Waals surface area (Å²) in [7, 11) is 4.85. The standard InChI is InChI=1S/C19H28N4O3.HI/c1-5-20-19(21-8-11-23-9-6-7-10-23)22-14-15-12-17(25-3)18(26-4)13-16(15)24-2;/h6-7,9-10,12-13H,5,8,11,14H2,1-4H3,(H2,20,21,22);1H. The van der Waals surface area contributed by atoms with E-state index in [4.69, 9.17) is 14.2 Å². The summed E-state index contributed by atoms with van der Waals surface area (Å²) in [5.74, 6) is 2.77. The fourth-order valence-corrected chi connectivity index (χ4v) is 2.54. The van der Waals surface area contributed by atoms with Gasteiger partial charge >= 0.3 is 0 Å². The summed E-state index contributed by atoms with van der Waals surface area (Å²) >= 11 is 0. The first-order chi connectivity index (χ1) is 12.7. The van der Waals surface area contributed by atoms with Crippen LogP contribution in [0.25, 0.3) is 0 Å². The number of halogens is 1. The van der Waals surface area contributed by atoms with Gasteiger partial charge in [-0.25, -0.2) is 4.99 Å². The van der Waals surface area contributed by atoms with E-state index in [-0.39, 0.29) is 24.0 Å². The van der Waals surface area contributed by atoms with Crippen LogP contribution in [0.5, 0.6) is 17.2 Å². The Morgan fingerprint density at radius 3 is 2.19 bits per heavy atom. The van der Waals surface area contributed by atoms with Crippen molar-refractivity contribution in [2.75, 3.05) is 34.4 Å². The zero-order valence-corrected chi connectivity index (χ0v) is 18.7. The second kappa shape index (κ2) is 12.3. The van der Waals surface area contributed by atoms with E-state index in [0.29, 0.717) is 18.0 Å². The molecule has 0 saturated heterocycles. The highest BCUT2D eigenvalue weighted by molar-refractivity contribution is 14.0. The molecule has 0 fully saturated rings. The fourth-order valence-electron chi connectivity index (χ4n) is 2.54. The Kier molecular flexibility index (Phi) is 10.5. The number of guanidine groups is 1. The number of hydrogen-bond donors (Lipinski definition) is 2. The molecule has 0 spiro atoms. The van der Waals surface area contributed by atoms with Gasteiger partial charge in [0, 0.05) is 43.7 Å². The molecule has 1 aromatic heterocycles. The topological polar surface area (TPSA) is 69.0 Å². The van der Waals surface area contributed by atoms with Gasteiger partial charge in [-0.1, -0.05) is 0 Å². The van der Waals surface area contributed by atoms with E-state index >= 15 is 0 Å². The van der Waals surface area contributed by atoms with E-state index in [1.54, 1.807) is 21.3 Å². The van der Waals surface area contributed by atoms with Gasteiger partial charge in [-0.2, -0.15) is 0 Å². The van der Waals surface area contributed by atoms with Crippen molar-refractivity contribution >= 4 is 29.9 Å². The predicted octanol–water partition coefficient (Wildman–Crippen LogP) is 2.89. The zero-order valence-electron chi connectivity index (χ0n) is 16.3. The van der Waals surface area contributed by atoms with Gasteiger partial charge in [0.2, 0.25) is 0 Å². The fraction of sp³-hybridized carbons (Fsp3) is 0.421. The van der Waals surface area contributed by atoms with Crippen LogP contribution in [-0.2, 0) is 13.1 Å². The van der Waals surface area contributed by atoms with Crippen molar-refractivity contribution in [2.24, 2.45) is 4.99 Å². The number of ether oxygens (including phenoxy) is 3. The SMILES string of the molecule is CCNC(=NCc1cc(OC)c(OC)cc1OC)NCCn1cccc1.I. The highest BCUT2D eigenvalue weighted by Crippen LogP contribution is 2.34. The average molecular weight is 488 g/mol. The first kappa shape index (κ1) is 22.9. The highest BCUT2D eigenvalue weighted by atomic mass is 127. The highest BCUT2D eigenvalue weighted by Gasteiger charge is 2.11. The second-order valence-corrected chi connectivity index (χ2v) is 5.56. The molecule has 2 aromatic rings. The van der Waals surface area contributed by atoms with Crippen LogP contribution in [0.2, 0.25) is 0 Å². The molecule has 7 nitrogen and oxygen atoms in total. The third kappa shape index (κ3) is 6.85. The van der Waals surface area contributed by atoms with E-state index in [0.717, 1.165) is 36.9 Å². The minimum absolute atomic E-state index is 0. The maximum atomic E-state index is 5.46. The molecule has 0 bridgehead atoms. The molecule has 0 saturated carbocycles. The molecule has 0 amide bonds. The number of nitrogens with one attached hydrogen (secondary N) is 2. The van der Waals surface area contributed by atoms with E-state index in [1.165, 1.54) is 0 Å². The van der Waals surface area contributed by atoms with Crippen LogP contribution in [0.4, 0.5) is 0 Å². The quantitative estimate of drug-likeness (QED) is 0.323. The molecule has 0 aliphatic carbocycles. The smallest absolute Gasteiger partial charge is 0.191 e. The summed E-state index contributed by atoms with van der Waals surface area (Å²) in [6.45, 7) is 4.95. The molecule has 8 heteroatoms. The van der Waals surface area contributed by atoms with Gasteiger partial charge in [0.05, 0.1) is 27.9 Å². The number of hydrogen-bond acceptors (Lipinski definition) is 4. The molecule has 150 valence electrons. The molecule has 0 atom stereocenters. The van der Waals surface area contributed by atoms with Crippen molar-refractivity contribution in [1.29, 1.82) is 0 Å². The Hall–Kier alpha value is -2.10. The van der Waals surface area contributed by atoms with Crippen LogP contribution in [0, 0.1) is 0 Å². The van der Waals surface area contributed by atoms with Crippen LogP contribution in [0.1, 0.15) is 12.5 Å². The summed E-state index contributed by atoms with van der Waals surface area (Å²) in [4.78, 5) is 4.65. The summed E-state index contributed by atoms with van der Waals surface area (Å²) in [6, 6.07) is 7.74. The van der Waals surface area contributed by atoms with Crippen LogP contribution in [0.3, 0.4) is 0 Å². The molecule has 2 rings (SSSR count). The largest absolute Gasteiger partial charge is 0.496 e. The van der Waals surface area contributed by atoms with E-state index in [9.17, 15) is 0 Å². The summed E-state index contributed by atoms with van der Waals surface area (Å²) in [5.41, 5.74) is 0.924. The average Bonchev–Trinajstić information content (AvgIpc) is 3.18. The minimum atomic E-state index is 0. The third-order valence-electron chi connectivity index (χ3n) is 3.87. The van der Waals surface area contributed by atoms with Crippen molar-refractivity contribution in [3.63, 3.8) is 0 Å². The lowest BCUT2D eigenvalue weighted by Crippen LogP contribution is -2.38. The Morgan fingerprint density at radius 1 is 0.963 bits per heavy atom. The molecule has 1 heterocycles. The zero-order chi connectivity index (χ0) is 18.8. The normalized spacial score (nSPS) is 10.7. The number of aliphatic imine (C=N–C) groups is 1. The van der Waals surface area contributed by atoms with Crippen LogP contribution in [0.15, 0.2) is 41.7 Å². The van der Waals surface area contributed by atoms with Crippen molar-refractivity contribution in [1.82, 2.24) is 15.2 Å². The second-order valence-electron chi connectivity index (χ2n) is 5.56. The lowest BCUT2D eigenvalue weighted by atomic mass is 10.1. The van der Waals surface area contributed by atoms with E-state index in [2.05, 4.69) is 20.2 Å². The van der Waals surface area contributed by atoms with Gasteiger partial charge in [0.25, 0.3) is 0 Å². The molecular weight excluding hydrogens is 459 g/mol. The van der Waals surface area contributed by atoms with Gasteiger partial charge < -0.3 is 29.4 Å². The van der Waals surface area contributed by atoms with Crippen molar-refractivity contribution in [3.05, 3.63) is 42.2 Å². The molecule has 0 radical (unpaired) electrons. The molecular formula is C19H29IN4O3. The lowest BCUT2D eigenvalue weighted by molar-refractivity contribution is 0.347. The number of aromatic nitrogens is 1. The predicted molar refractivity (Wildman–Crippen MR) is 119 cm³/mol. The minimum Gasteiger partial charge on any atom is -0.496 e. The monoisotopic (exact) mass is 488 g/mol. The van der Waals surface area contributed by atoms with E-state index < -0.39 is 0 Å². The number of methoxy groups -OCH3 is 3. The molecule has 2 N–H and O–H groups in total. The Bertz CT molecular complexity index is 705. The van der Waals surface area contributed by atoms with Crippen molar-refractivity contribution in [2.45, 2.75) is 20.0 Å². The molecule has 0 unspecified atom stereocenters. The first-order valence-corrected chi connectivity index (χ1v) is 8.63. The Morgan fingerprint density at radius 2 is 1.59 bits per heavy atom. The maximum absolute atomic E-state index is 5.46. The molecule has 0 aliphatic rings. The van der Waals surface area contributed by atoms with Crippen LogP contribution < -0.4 is 24.8 Å². The maximum Gasteiger partial charge on any atom is 0.191 e. The van der Waals surface area contributed by atoms with Crippen molar-refractivity contribution < 1.29 is 14.2 Å². The third-order valence-corrected chi connectivity index (χ3v) is 3.87. The van der Waals surface area contributed by atoms with Gasteiger partial charge in [-0.15, -0.1) is 24.0 Å². The summed E-state index contributed by atoms with van der Waals surface area (Å²) in [6.07, 6.45) is 4.08. The van der Waals surface area contributed by atoms with Gasteiger partial charge in [0.15, 0.2) is 17.5 Å². The summed E-state index contributed by atoms with van der Waals surface area (Å²) in [5, 5.41) is 6.59. The van der Waals surface area contributed by atoms with Gasteiger partial charge in [-0.3, -0.25) is 0 Å². The van der Waals surface area contributed by atoms with E-state index in [1.807, 2.05) is 43.6 Å². The summed E-state index contributed by atoms with van der Waals surface area (Å²) < 4.78 is 18.3. The first-order valence-electron chi connectivity index (χ1n) is 8.63. The lowest BCUT2D eigenvalue weighted by Gasteiger charge is -2.14. The molecule has 1 aromatic carbocycles. The van der Waals surface area contributed by atoms with Crippen LogP contribution in [-0.4, -0.2) is 44.9 Å².